The average molecular weight is 281 g/mol. The summed E-state index contributed by atoms with van der Waals surface area (Å²) in [7, 11) is 0. The van der Waals surface area contributed by atoms with E-state index in [-0.39, 0.29) is 11.5 Å². The van der Waals surface area contributed by atoms with Gasteiger partial charge in [0.1, 0.15) is 4.34 Å². The van der Waals surface area contributed by atoms with Crippen LogP contribution in [0.15, 0.2) is 10.5 Å². The van der Waals surface area contributed by atoms with Gasteiger partial charge in [0, 0.05) is 21.3 Å². The average Bonchev–Trinajstić information content (AvgIpc) is 2.34. The molecule has 0 saturated heterocycles. The fourth-order valence-corrected chi connectivity index (χ4v) is 3.82. The number of hydrogen-bond donors (Lipinski definition) is 1. The second-order valence-electron chi connectivity index (χ2n) is 4.10. The smallest absolute Gasteiger partial charge is 0.107 e. The van der Waals surface area contributed by atoms with Crippen molar-refractivity contribution in [2.75, 3.05) is 0 Å². The Hall–Kier alpha value is 0.430. The third kappa shape index (κ3) is 1.46. The Bertz CT molecular complexity index is 328. The van der Waals surface area contributed by atoms with Crippen molar-refractivity contribution in [2.45, 2.75) is 25.8 Å². The zero-order valence-electron chi connectivity index (χ0n) is 7.47. The van der Waals surface area contributed by atoms with E-state index in [1.54, 1.807) is 11.3 Å². The Morgan fingerprint density at radius 3 is 2.46 bits per heavy atom. The van der Waals surface area contributed by atoms with Crippen LogP contribution in [-0.4, -0.2) is 6.04 Å². The Balaban J connectivity index is 2.29. The highest BCUT2D eigenvalue weighted by Gasteiger charge is 2.56. The largest absolute Gasteiger partial charge is 0.327 e. The first-order chi connectivity index (χ1) is 5.94. The van der Waals surface area contributed by atoms with Gasteiger partial charge in [0.05, 0.1) is 0 Å². The second kappa shape index (κ2) is 2.96. The lowest BCUT2D eigenvalue weighted by atomic mass is 10.1. The SMILES string of the molecule is CC1(C)[C@@H](N)[C@@H]1c1cc(Br)c(Cl)s1. The van der Waals surface area contributed by atoms with Crippen molar-refractivity contribution in [3.05, 3.63) is 19.8 Å². The molecule has 1 fully saturated rings. The highest BCUT2D eigenvalue weighted by atomic mass is 79.9. The zero-order chi connectivity index (χ0) is 9.80. The van der Waals surface area contributed by atoms with E-state index in [4.69, 9.17) is 17.3 Å². The maximum Gasteiger partial charge on any atom is 0.107 e. The molecule has 1 aliphatic rings. The molecule has 1 nitrogen and oxygen atoms in total. The monoisotopic (exact) mass is 279 g/mol. The van der Waals surface area contributed by atoms with E-state index >= 15 is 0 Å². The highest BCUT2D eigenvalue weighted by molar-refractivity contribution is 9.10. The second-order valence-corrected chi connectivity index (χ2v) is 6.64. The van der Waals surface area contributed by atoms with Crippen molar-refractivity contribution in [3.63, 3.8) is 0 Å². The fraction of sp³-hybridized carbons (Fsp3) is 0.556. The third-order valence-electron chi connectivity index (χ3n) is 2.88. The summed E-state index contributed by atoms with van der Waals surface area (Å²) in [6.07, 6.45) is 0. The molecule has 0 aromatic carbocycles. The Kier molecular flexibility index (Phi) is 2.27. The van der Waals surface area contributed by atoms with Crippen LogP contribution in [0.4, 0.5) is 0 Å². The molecule has 2 rings (SSSR count). The van der Waals surface area contributed by atoms with E-state index in [0.717, 1.165) is 8.81 Å². The summed E-state index contributed by atoms with van der Waals surface area (Å²) in [5.41, 5.74) is 6.23. The molecule has 1 aromatic heterocycles. The minimum Gasteiger partial charge on any atom is -0.327 e. The van der Waals surface area contributed by atoms with Crippen molar-refractivity contribution >= 4 is 38.9 Å². The molecule has 2 N–H and O–H groups in total. The van der Waals surface area contributed by atoms with E-state index < -0.39 is 0 Å². The summed E-state index contributed by atoms with van der Waals surface area (Å²) in [5.74, 6) is 0.487. The number of hydrogen-bond acceptors (Lipinski definition) is 2. The Morgan fingerprint density at radius 2 is 2.15 bits per heavy atom. The number of rotatable bonds is 1. The molecule has 1 aromatic rings. The van der Waals surface area contributed by atoms with Crippen molar-refractivity contribution < 1.29 is 0 Å². The lowest BCUT2D eigenvalue weighted by Gasteiger charge is -1.97. The lowest BCUT2D eigenvalue weighted by Crippen LogP contribution is -2.06. The van der Waals surface area contributed by atoms with Gasteiger partial charge in [-0.2, -0.15) is 0 Å². The quantitative estimate of drug-likeness (QED) is 0.835. The molecule has 1 aliphatic carbocycles. The van der Waals surface area contributed by atoms with Crippen molar-refractivity contribution in [1.29, 1.82) is 0 Å². The molecule has 0 bridgehead atoms. The van der Waals surface area contributed by atoms with Gasteiger partial charge in [-0.25, -0.2) is 0 Å². The van der Waals surface area contributed by atoms with Gasteiger partial charge in [0.15, 0.2) is 0 Å². The van der Waals surface area contributed by atoms with Crippen LogP contribution in [0, 0.1) is 5.41 Å². The van der Waals surface area contributed by atoms with E-state index in [1.165, 1.54) is 4.88 Å². The van der Waals surface area contributed by atoms with Crippen LogP contribution in [0.2, 0.25) is 4.34 Å². The number of halogens is 2. The van der Waals surface area contributed by atoms with Crippen molar-refractivity contribution in [3.8, 4) is 0 Å². The Morgan fingerprint density at radius 1 is 1.62 bits per heavy atom. The molecule has 2 atom stereocenters. The van der Waals surface area contributed by atoms with Crippen LogP contribution < -0.4 is 5.73 Å². The standard InChI is InChI=1S/C9H11BrClNS/c1-9(2)6(7(9)12)5-3-4(10)8(11)13-5/h3,6-7H,12H2,1-2H3/t6-,7-/m0/s1. The van der Waals surface area contributed by atoms with E-state index in [2.05, 4.69) is 35.8 Å². The summed E-state index contributed by atoms with van der Waals surface area (Å²) in [4.78, 5) is 1.30. The van der Waals surface area contributed by atoms with E-state index in [0.29, 0.717) is 5.92 Å². The predicted molar refractivity (Wildman–Crippen MR) is 61.5 cm³/mol. The topological polar surface area (TPSA) is 26.0 Å². The molecule has 0 radical (unpaired) electrons. The van der Waals surface area contributed by atoms with Gasteiger partial charge in [-0.05, 0) is 27.4 Å². The molecule has 1 heterocycles. The summed E-state index contributed by atoms with van der Waals surface area (Å²) in [5, 5.41) is 0. The van der Waals surface area contributed by atoms with Crippen LogP contribution >= 0.6 is 38.9 Å². The van der Waals surface area contributed by atoms with E-state index in [9.17, 15) is 0 Å². The Labute approximate surface area is 95.4 Å². The van der Waals surface area contributed by atoms with Gasteiger partial charge < -0.3 is 5.73 Å². The molecule has 0 unspecified atom stereocenters. The van der Waals surface area contributed by atoms with E-state index in [1.807, 2.05) is 0 Å². The van der Waals surface area contributed by atoms with Crippen LogP contribution in [-0.2, 0) is 0 Å². The normalized spacial score (nSPS) is 30.5. The van der Waals surface area contributed by atoms with Crippen LogP contribution in [0.5, 0.6) is 0 Å². The van der Waals surface area contributed by atoms with Gasteiger partial charge in [0.25, 0.3) is 0 Å². The summed E-state index contributed by atoms with van der Waals surface area (Å²) >= 11 is 11.0. The van der Waals surface area contributed by atoms with Gasteiger partial charge in [0.2, 0.25) is 0 Å². The van der Waals surface area contributed by atoms with Crippen LogP contribution in [0.25, 0.3) is 0 Å². The summed E-state index contributed by atoms with van der Waals surface area (Å²) in [6, 6.07) is 2.38. The van der Waals surface area contributed by atoms with Crippen LogP contribution in [0.3, 0.4) is 0 Å². The lowest BCUT2D eigenvalue weighted by molar-refractivity contribution is 0.601. The molecule has 0 aliphatic heterocycles. The maximum absolute atomic E-state index is 5.98. The molecular weight excluding hydrogens is 270 g/mol. The maximum atomic E-state index is 5.98. The first-order valence-corrected chi connectivity index (χ1v) is 6.13. The fourth-order valence-electron chi connectivity index (χ4n) is 1.74. The van der Waals surface area contributed by atoms with Gasteiger partial charge in [-0.3, -0.25) is 0 Å². The predicted octanol–water partition coefficient (Wildman–Crippen LogP) is 3.61. The molecule has 4 heteroatoms. The number of thiophene rings is 1. The van der Waals surface area contributed by atoms with Crippen LogP contribution in [0.1, 0.15) is 24.6 Å². The minimum absolute atomic E-state index is 0.244. The minimum atomic E-state index is 0.244. The molecule has 72 valence electrons. The first kappa shape index (κ1) is 9.97. The molecular formula is C9H11BrClNS. The highest BCUT2D eigenvalue weighted by Crippen LogP contribution is 2.59. The summed E-state index contributed by atoms with van der Waals surface area (Å²) < 4.78 is 1.81. The van der Waals surface area contributed by atoms with Crippen molar-refractivity contribution in [1.82, 2.24) is 0 Å². The molecule has 0 amide bonds. The molecule has 1 saturated carbocycles. The van der Waals surface area contributed by atoms with Crippen molar-refractivity contribution in [2.24, 2.45) is 11.1 Å². The third-order valence-corrected chi connectivity index (χ3v) is 5.44. The zero-order valence-corrected chi connectivity index (χ0v) is 10.6. The van der Waals surface area contributed by atoms with Gasteiger partial charge >= 0.3 is 0 Å². The summed E-state index contributed by atoms with van der Waals surface area (Å²) in [6.45, 7) is 4.40. The molecule has 0 spiro atoms. The number of nitrogens with two attached hydrogens (primary N) is 1. The molecule has 13 heavy (non-hydrogen) atoms. The van der Waals surface area contributed by atoms with Gasteiger partial charge in [-0.1, -0.05) is 25.4 Å². The van der Waals surface area contributed by atoms with Gasteiger partial charge in [-0.15, -0.1) is 11.3 Å². The first-order valence-electron chi connectivity index (χ1n) is 4.15.